The van der Waals surface area contributed by atoms with Crippen LogP contribution in [0.5, 0.6) is 0 Å². The van der Waals surface area contributed by atoms with Crippen LogP contribution in [0, 0.1) is 11.3 Å². The van der Waals surface area contributed by atoms with E-state index in [0.717, 1.165) is 12.0 Å². The molecule has 3 atom stereocenters. The summed E-state index contributed by atoms with van der Waals surface area (Å²) in [4.78, 5) is 2.42. The van der Waals surface area contributed by atoms with Gasteiger partial charge in [0, 0.05) is 18.6 Å². The zero-order valence-corrected chi connectivity index (χ0v) is 11.7. The molecule has 19 heavy (non-hydrogen) atoms. The third-order valence-electron chi connectivity index (χ3n) is 4.23. The molecule has 1 aromatic carbocycles. The minimum atomic E-state index is -0.470. The number of β-amino-alcohol motifs (C(OH)–C–C–N with tert-alkyl or cyclic N) is 1. The number of likely N-dealkylation sites (tertiary alicyclic amines) is 1. The monoisotopic (exact) mass is 258 g/mol. The van der Waals surface area contributed by atoms with Crippen molar-refractivity contribution in [2.24, 2.45) is 0 Å². The lowest BCUT2D eigenvalue weighted by atomic mass is 10.1. The van der Waals surface area contributed by atoms with E-state index in [-0.39, 0.29) is 0 Å². The molecule has 0 amide bonds. The highest BCUT2D eigenvalue weighted by atomic mass is 16.3. The fourth-order valence-corrected chi connectivity index (χ4v) is 2.98. The molecule has 0 aliphatic carbocycles. The maximum absolute atomic E-state index is 10.4. The summed E-state index contributed by atoms with van der Waals surface area (Å²) in [6, 6.07) is 10.5. The van der Waals surface area contributed by atoms with E-state index in [1.54, 1.807) is 12.1 Å². The van der Waals surface area contributed by atoms with E-state index in [1.807, 2.05) is 12.1 Å². The number of aliphatic hydroxyl groups is 1. The zero-order valence-electron chi connectivity index (χ0n) is 11.7. The Kier molecular flexibility index (Phi) is 4.57. The second kappa shape index (κ2) is 6.18. The maximum Gasteiger partial charge on any atom is 0.0991 e. The van der Waals surface area contributed by atoms with E-state index in [1.165, 1.54) is 12.8 Å². The molecule has 1 aromatic rings. The SMILES string of the molecule is CCC1CCC(C)N1CC(O)c1ccc(C#N)cc1. The average Bonchev–Trinajstić information content (AvgIpc) is 2.79. The molecule has 102 valence electrons. The normalized spacial score (nSPS) is 25.2. The van der Waals surface area contributed by atoms with Gasteiger partial charge in [-0.3, -0.25) is 4.90 Å². The van der Waals surface area contributed by atoms with Crippen LogP contribution in [0.25, 0.3) is 0 Å². The molecule has 1 N–H and O–H groups in total. The number of rotatable bonds is 4. The minimum absolute atomic E-state index is 0.470. The Bertz CT molecular complexity index is 449. The molecule has 1 saturated heterocycles. The van der Waals surface area contributed by atoms with Crippen LogP contribution in [-0.2, 0) is 0 Å². The summed E-state index contributed by atoms with van der Waals surface area (Å²) in [5.74, 6) is 0. The van der Waals surface area contributed by atoms with Gasteiger partial charge in [-0.2, -0.15) is 5.26 Å². The summed E-state index contributed by atoms with van der Waals surface area (Å²) in [6.07, 6.45) is 3.13. The van der Waals surface area contributed by atoms with Gasteiger partial charge in [-0.25, -0.2) is 0 Å². The quantitative estimate of drug-likeness (QED) is 0.903. The molecule has 3 nitrogen and oxygen atoms in total. The second-order valence-electron chi connectivity index (χ2n) is 5.43. The number of aliphatic hydroxyl groups excluding tert-OH is 1. The molecule has 1 heterocycles. The zero-order chi connectivity index (χ0) is 13.8. The van der Waals surface area contributed by atoms with Crippen LogP contribution >= 0.6 is 0 Å². The van der Waals surface area contributed by atoms with Crippen molar-refractivity contribution in [3.8, 4) is 6.07 Å². The maximum atomic E-state index is 10.4. The van der Waals surface area contributed by atoms with Crippen LogP contribution in [0.15, 0.2) is 24.3 Å². The van der Waals surface area contributed by atoms with E-state index in [4.69, 9.17) is 5.26 Å². The molecule has 3 heteroatoms. The summed E-state index contributed by atoms with van der Waals surface area (Å²) in [7, 11) is 0. The van der Waals surface area contributed by atoms with Gasteiger partial charge in [0.15, 0.2) is 0 Å². The number of benzene rings is 1. The van der Waals surface area contributed by atoms with Crippen molar-refractivity contribution in [2.45, 2.75) is 51.3 Å². The summed E-state index contributed by atoms with van der Waals surface area (Å²) in [5.41, 5.74) is 1.53. The molecule has 0 spiro atoms. The molecule has 1 aliphatic rings. The third kappa shape index (κ3) is 3.15. The third-order valence-corrected chi connectivity index (χ3v) is 4.23. The lowest BCUT2D eigenvalue weighted by Crippen LogP contribution is -2.37. The molecule has 3 unspecified atom stereocenters. The topological polar surface area (TPSA) is 47.3 Å². The first kappa shape index (κ1) is 14.0. The van der Waals surface area contributed by atoms with Crippen LogP contribution < -0.4 is 0 Å². The fourth-order valence-electron chi connectivity index (χ4n) is 2.98. The second-order valence-corrected chi connectivity index (χ2v) is 5.43. The van der Waals surface area contributed by atoms with Crippen LogP contribution in [0.2, 0.25) is 0 Å². The van der Waals surface area contributed by atoms with Gasteiger partial charge >= 0.3 is 0 Å². The van der Waals surface area contributed by atoms with Gasteiger partial charge in [-0.15, -0.1) is 0 Å². The standard InChI is InChI=1S/C16H22N2O/c1-3-15-9-4-12(2)18(15)11-16(19)14-7-5-13(10-17)6-8-14/h5-8,12,15-16,19H,3-4,9,11H2,1-2H3. The average molecular weight is 258 g/mol. The lowest BCUT2D eigenvalue weighted by molar-refractivity contribution is 0.0860. The Labute approximate surface area is 115 Å². The highest BCUT2D eigenvalue weighted by molar-refractivity contribution is 5.32. The number of hydrogen-bond donors (Lipinski definition) is 1. The Morgan fingerprint density at radius 1 is 1.37 bits per heavy atom. The van der Waals surface area contributed by atoms with Crippen molar-refractivity contribution in [1.29, 1.82) is 5.26 Å². The molecule has 2 rings (SSSR count). The molecule has 0 saturated carbocycles. The van der Waals surface area contributed by atoms with Crippen molar-refractivity contribution < 1.29 is 5.11 Å². The van der Waals surface area contributed by atoms with E-state index < -0.39 is 6.10 Å². The van der Waals surface area contributed by atoms with E-state index in [0.29, 0.717) is 24.2 Å². The largest absolute Gasteiger partial charge is 0.387 e. The predicted molar refractivity (Wildman–Crippen MR) is 75.6 cm³/mol. The fraction of sp³-hybridized carbons (Fsp3) is 0.562. The first-order valence-electron chi connectivity index (χ1n) is 7.09. The van der Waals surface area contributed by atoms with Gasteiger partial charge in [0.1, 0.15) is 0 Å². The van der Waals surface area contributed by atoms with Gasteiger partial charge in [-0.05, 0) is 43.9 Å². The highest BCUT2D eigenvalue weighted by Crippen LogP contribution is 2.28. The number of hydrogen-bond acceptors (Lipinski definition) is 3. The van der Waals surface area contributed by atoms with Crippen molar-refractivity contribution in [3.63, 3.8) is 0 Å². The van der Waals surface area contributed by atoms with Gasteiger partial charge < -0.3 is 5.11 Å². The van der Waals surface area contributed by atoms with E-state index in [9.17, 15) is 5.11 Å². The Hall–Kier alpha value is -1.37. The van der Waals surface area contributed by atoms with Crippen molar-refractivity contribution in [2.75, 3.05) is 6.54 Å². The molecule has 1 fully saturated rings. The number of nitrogens with zero attached hydrogens (tertiary/aromatic N) is 2. The Balaban J connectivity index is 2.03. The number of nitriles is 1. The summed E-state index contributed by atoms with van der Waals surface area (Å²) in [6.45, 7) is 5.14. The van der Waals surface area contributed by atoms with Crippen LogP contribution in [-0.4, -0.2) is 28.6 Å². The van der Waals surface area contributed by atoms with Crippen LogP contribution in [0.4, 0.5) is 0 Å². The summed E-state index contributed by atoms with van der Waals surface area (Å²) >= 11 is 0. The van der Waals surface area contributed by atoms with Gasteiger partial charge in [0.05, 0.1) is 17.7 Å². The van der Waals surface area contributed by atoms with Crippen molar-refractivity contribution in [1.82, 2.24) is 4.90 Å². The lowest BCUT2D eigenvalue weighted by Gasteiger charge is -2.30. The smallest absolute Gasteiger partial charge is 0.0991 e. The Morgan fingerprint density at radius 2 is 2.05 bits per heavy atom. The molecule has 0 bridgehead atoms. The van der Waals surface area contributed by atoms with Crippen molar-refractivity contribution >= 4 is 0 Å². The first-order chi connectivity index (χ1) is 9.15. The van der Waals surface area contributed by atoms with E-state index >= 15 is 0 Å². The predicted octanol–water partition coefficient (Wildman–Crippen LogP) is 2.85. The summed E-state index contributed by atoms with van der Waals surface area (Å²) < 4.78 is 0. The molecule has 0 radical (unpaired) electrons. The van der Waals surface area contributed by atoms with Gasteiger partial charge in [-0.1, -0.05) is 19.1 Å². The van der Waals surface area contributed by atoms with Crippen molar-refractivity contribution in [3.05, 3.63) is 35.4 Å². The molecule has 1 aliphatic heterocycles. The minimum Gasteiger partial charge on any atom is -0.387 e. The van der Waals surface area contributed by atoms with E-state index in [2.05, 4.69) is 24.8 Å². The van der Waals surface area contributed by atoms with Crippen LogP contribution in [0.1, 0.15) is 50.3 Å². The first-order valence-corrected chi connectivity index (χ1v) is 7.09. The molecular formula is C16H22N2O. The Morgan fingerprint density at radius 3 is 2.63 bits per heavy atom. The molecule has 0 aromatic heterocycles. The van der Waals surface area contributed by atoms with Gasteiger partial charge in [0.2, 0.25) is 0 Å². The van der Waals surface area contributed by atoms with Gasteiger partial charge in [0.25, 0.3) is 0 Å². The van der Waals surface area contributed by atoms with Crippen LogP contribution in [0.3, 0.4) is 0 Å². The highest BCUT2D eigenvalue weighted by Gasteiger charge is 2.30. The molecular weight excluding hydrogens is 236 g/mol. The summed E-state index contributed by atoms with van der Waals surface area (Å²) in [5, 5.41) is 19.1.